The van der Waals surface area contributed by atoms with Gasteiger partial charge in [-0.3, -0.25) is 9.36 Å². The normalized spacial score (nSPS) is 11.8. The van der Waals surface area contributed by atoms with Gasteiger partial charge < -0.3 is 4.42 Å². The van der Waals surface area contributed by atoms with Gasteiger partial charge in [-0.15, -0.1) is 5.10 Å². The molecule has 0 aliphatic carbocycles. The number of hydrogen-bond acceptors (Lipinski definition) is 4. The topological polar surface area (TPSA) is 68.2 Å². The SMILES string of the molecule is CCn1c(=O)c2oc3ccccc3c2n2c(=S)[nH]nc12. The number of aromatic amines is 1. The van der Waals surface area contributed by atoms with Crippen molar-refractivity contribution in [2.45, 2.75) is 13.5 Å². The second kappa shape index (κ2) is 3.80. The summed E-state index contributed by atoms with van der Waals surface area (Å²) in [6.07, 6.45) is 0. The molecule has 4 rings (SSSR count). The Kier molecular flexibility index (Phi) is 2.17. The number of aryl methyl sites for hydroxylation is 1. The Balaban J connectivity index is 2.48. The molecule has 0 fully saturated rings. The van der Waals surface area contributed by atoms with Crippen molar-refractivity contribution in [2.24, 2.45) is 0 Å². The summed E-state index contributed by atoms with van der Waals surface area (Å²) in [5, 5.41) is 7.75. The molecule has 0 atom stereocenters. The average molecular weight is 286 g/mol. The molecule has 0 amide bonds. The van der Waals surface area contributed by atoms with Crippen LogP contribution in [0.5, 0.6) is 0 Å². The molecule has 0 aliphatic rings. The Morgan fingerprint density at radius 3 is 3.00 bits per heavy atom. The summed E-state index contributed by atoms with van der Waals surface area (Å²) in [6, 6.07) is 7.51. The highest BCUT2D eigenvalue weighted by atomic mass is 32.1. The molecule has 100 valence electrons. The lowest BCUT2D eigenvalue weighted by Gasteiger charge is -2.03. The molecule has 0 saturated carbocycles. The fourth-order valence-electron chi connectivity index (χ4n) is 2.57. The number of hydrogen-bond donors (Lipinski definition) is 1. The first-order valence-corrected chi connectivity index (χ1v) is 6.64. The molecule has 3 aromatic heterocycles. The smallest absolute Gasteiger partial charge is 0.298 e. The van der Waals surface area contributed by atoms with E-state index in [1.54, 1.807) is 4.40 Å². The summed E-state index contributed by atoms with van der Waals surface area (Å²) >= 11 is 5.28. The van der Waals surface area contributed by atoms with Gasteiger partial charge >= 0.3 is 0 Å². The van der Waals surface area contributed by atoms with Gasteiger partial charge in [0.1, 0.15) is 11.1 Å². The summed E-state index contributed by atoms with van der Waals surface area (Å²) in [7, 11) is 0. The molecule has 0 spiro atoms. The van der Waals surface area contributed by atoms with Crippen LogP contribution in [0.1, 0.15) is 6.92 Å². The zero-order valence-corrected chi connectivity index (χ0v) is 11.4. The van der Waals surface area contributed by atoms with E-state index in [0.29, 0.717) is 33.8 Å². The molecular weight excluding hydrogens is 276 g/mol. The van der Waals surface area contributed by atoms with E-state index in [4.69, 9.17) is 16.6 Å². The molecule has 0 aliphatic heterocycles. The number of rotatable bonds is 1. The third-order valence-electron chi connectivity index (χ3n) is 3.44. The average Bonchev–Trinajstić information content (AvgIpc) is 3.01. The predicted octanol–water partition coefficient (Wildman–Crippen LogP) is 2.47. The highest BCUT2D eigenvalue weighted by molar-refractivity contribution is 7.71. The summed E-state index contributed by atoms with van der Waals surface area (Å²) in [5.74, 6) is 0.501. The Morgan fingerprint density at radius 1 is 1.40 bits per heavy atom. The van der Waals surface area contributed by atoms with Crippen LogP contribution in [0.15, 0.2) is 33.5 Å². The largest absolute Gasteiger partial charge is 0.449 e. The minimum absolute atomic E-state index is 0.194. The van der Waals surface area contributed by atoms with E-state index in [1.165, 1.54) is 4.57 Å². The van der Waals surface area contributed by atoms with Gasteiger partial charge in [0, 0.05) is 11.9 Å². The van der Waals surface area contributed by atoms with Crippen LogP contribution in [-0.2, 0) is 6.54 Å². The van der Waals surface area contributed by atoms with Crippen LogP contribution in [0.4, 0.5) is 0 Å². The molecule has 20 heavy (non-hydrogen) atoms. The lowest BCUT2D eigenvalue weighted by molar-refractivity contribution is 0.641. The van der Waals surface area contributed by atoms with Crippen molar-refractivity contribution < 1.29 is 4.42 Å². The van der Waals surface area contributed by atoms with Crippen LogP contribution in [0, 0.1) is 4.77 Å². The Hall–Kier alpha value is -2.41. The van der Waals surface area contributed by atoms with E-state index < -0.39 is 0 Å². The summed E-state index contributed by atoms with van der Waals surface area (Å²) in [4.78, 5) is 12.5. The summed E-state index contributed by atoms with van der Waals surface area (Å²) < 4.78 is 9.45. The number of benzene rings is 1. The molecule has 0 saturated heterocycles. The monoisotopic (exact) mass is 286 g/mol. The maximum Gasteiger partial charge on any atom is 0.298 e. The van der Waals surface area contributed by atoms with Crippen LogP contribution in [0.25, 0.3) is 27.8 Å². The third-order valence-corrected chi connectivity index (χ3v) is 3.72. The zero-order chi connectivity index (χ0) is 13.9. The van der Waals surface area contributed by atoms with Crippen molar-refractivity contribution in [1.82, 2.24) is 19.2 Å². The molecular formula is C13H10N4O2S. The van der Waals surface area contributed by atoms with Gasteiger partial charge in [0.05, 0.1) is 0 Å². The number of aromatic nitrogens is 4. The van der Waals surface area contributed by atoms with Crippen LogP contribution in [-0.4, -0.2) is 19.2 Å². The van der Waals surface area contributed by atoms with Crippen LogP contribution >= 0.6 is 12.2 Å². The van der Waals surface area contributed by atoms with E-state index in [9.17, 15) is 4.79 Å². The standard InChI is InChI=1S/C13H10N4O2S/c1-2-16-11(18)10-9(17-12(16)14-15-13(17)20)7-5-3-4-6-8(7)19-10/h3-6H,2H2,1H3,(H,15,20). The van der Waals surface area contributed by atoms with E-state index in [1.807, 2.05) is 31.2 Å². The second-order valence-corrected chi connectivity index (χ2v) is 4.88. The van der Waals surface area contributed by atoms with E-state index in [0.717, 1.165) is 5.39 Å². The van der Waals surface area contributed by atoms with Crippen LogP contribution < -0.4 is 5.56 Å². The van der Waals surface area contributed by atoms with E-state index >= 15 is 0 Å². The predicted molar refractivity (Wildman–Crippen MR) is 77.6 cm³/mol. The van der Waals surface area contributed by atoms with Gasteiger partial charge in [-0.2, -0.15) is 0 Å². The molecule has 3 heterocycles. The third kappa shape index (κ3) is 1.25. The first-order valence-electron chi connectivity index (χ1n) is 6.23. The van der Waals surface area contributed by atoms with Crippen molar-refractivity contribution in [2.75, 3.05) is 0 Å². The highest BCUT2D eigenvalue weighted by Crippen LogP contribution is 2.26. The number of para-hydroxylation sites is 1. The van der Waals surface area contributed by atoms with Crippen molar-refractivity contribution in [1.29, 1.82) is 0 Å². The minimum Gasteiger partial charge on any atom is -0.449 e. The van der Waals surface area contributed by atoms with Crippen molar-refractivity contribution in [3.8, 4) is 0 Å². The van der Waals surface area contributed by atoms with E-state index in [-0.39, 0.29) is 5.56 Å². The Labute approximate surface area is 117 Å². The van der Waals surface area contributed by atoms with Crippen LogP contribution in [0.3, 0.4) is 0 Å². The first kappa shape index (κ1) is 11.4. The van der Waals surface area contributed by atoms with Gasteiger partial charge in [-0.25, -0.2) is 9.50 Å². The van der Waals surface area contributed by atoms with Gasteiger partial charge in [0.15, 0.2) is 0 Å². The molecule has 4 aromatic rings. The number of furan rings is 1. The Morgan fingerprint density at radius 2 is 2.20 bits per heavy atom. The van der Waals surface area contributed by atoms with E-state index in [2.05, 4.69) is 10.2 Å². The van der Waals surface area contributed by atoms with Crippen molar-refractivity contribution in [3.63, 3.8) is 0 Å². The quantitative estimate of drug-likeness (QED) is 0.546. The number of H-pyrrole nitrogens is 1. The van der Waals surface area contributed by atoms with Gasteiger partial charge in [-0.1, -0.05) is 12.1 Å². The summed E-state index contributed by atoms with van der Waals surface area (Å²) in [6.45, 7) is 2.38. The zero-order valence-electron chi connectivity index (χ0n) is 10.6. The Bertz CT molecular complexity index is 1080. The number of fused-ring (bicyclic) bond motifs is 5. The van der Waals surface area contributed by atoms with Gasteiger partial charge in [0.2, 0.25) is 16.1 Å². The number of nitrogens with one attached hydrogen (secondary N) is 1. The lowest BCUT2D eigenvalue weighted by atomic mass is 10.2. The van der Waals surface area contributed by atoms with Gasteiger partial charge in [0.25, 0.3) is 5.56 Å². The second-order valence-electron chi connectivity index (χ2n) is 4.49. The van der Waals surface area contributed by atoms with Crippen molar-refractivity contribution in [3.05, 3.63) is 39.4 Å². The van der Waals surface area contributed by atoms with Gasteiger partial charge in [-0.05, 0) is 31.3 Å². The maximum absolute atomic E-state index is 12.5. The fraction of sp³-hybridized carbons (Fsp3) is 0.154. The maximum atomic E-state index is 12.5. The van der Waals surface area contributed by atoms with Crippen LogP contribution in [0.2, 0.25) is 0 Å². The first-order chi connectivity index (χ1) is 9.72. The highest BCUT2D eigenvalue weighted by Gasteiger charge is 2.18. The molecule has 0 unspecified atom stereocenters. The molecule has 1 N–H and O–H groups in total. The summed E-state index contributed by atoms with van der Waals surface area (Å²) in [5.41, 5.74) is 1.44. The molecule has 6 nitrogen and oxygen atoms in total. The fourth-order valence-corrected chi connectivity index (χ4v) is 2.79. The molecule has 0 bridgehead atoms. The molecule has 1 aromatic carbocycles. The lowest BCUT2D eigenvalue weighted by Crippen LogP contribution is -2.21. The minimum atomic E-state index is -0.194. The molecule has 0 radical (unpaired) electrons. The number of nitrogens with zero attached hydrogens (tertiary/aromatic N) is 3. The van der Waals surface area contributed by atoms with Crippen molar-refractivity contribution >= 4 is 40.1 Å². The molecule has 7 heteroatoms.